The molecule has 1 heterocycles. The number of hydrogen-bond acceptors (Lipinski definition) is 2. The van der Waals surface area contributed by atoms with Gasteiger partial charge in [0.05, 0.1) is 11.2 Å². The van der Waals surface area contributed by atoms with Crippen molar-refractivity contribution >= 4 is 22.6 Å². The van der Waals surface area contributed by atoms with E-state index in [1.165, 1.54) is 12.1 Å². The van der Waals surface area contributed by atoms with Crippen molar-refractivity contribution in [2.45, 2.75) is 19.8 Å². The zero-order chi connectivity index (χ0) is 22.5. The summed E-state index contributed by atoms with van der Waals surface area (Å²) in [5.74, 6) is -0.852. The average molecular weight is 431 g/mol. The van der Waals surface area contributed by atoms with Gasteiger partial charge in [0, 0.05) is 34.3 Å². The summed E-state index contributed by atoms with van der Waals surface area (Å²) < 4.78 is 29.3. The highest BCUT2D eigenvalue weighted by Gasteiger charge is 2.17. The first-order valence-corrected chi connectivity index (χ1v) is 10.6. The molecule has 0 aliphatic carbocycles. The van der Waals surface area contributed by atoms with Gasteiger partial charge < -0.3 is 10.6 Å². The Labute approximate surface area is 185 Å². The predicted molar refractivity (Wildman–Crippen MR) is 124 cm³/mol. The first kappa shape index (κ1) is 21.4. The molecular weight excluding hydrogens is 408 g/mol. The van der Waals surface area contributed by atoms with E-state index in [2.05, 4.69) is 22.5 Å². The molecule has 2 amide bonds. The number of amides is 2. The molecule has 0 saturated carbocycles. The van der Waals surface area contributed by atoms with Crippen LogP contribution in [0.1, 0.15) is 19.8 Å². The molecule has 0 atom stereocenters. The van der Waals surface area contributed by atoms with E-state index < -0.39 is 11.6 Å². The number of anilines is 1. The first-order chi connectivity index (χ1) is 15.6. The van der Waals surface area contributed by atoms with Crippen molar-refractivity contribution in [2.75, 3.05) is 11.9 Å². The van der Waals surface area contributed by atoms with Crippen LogP contribution in [0.25, 0.3) is 33.3 Å². The number of carbonyl (C=O) groups is 1. The van der Waals surface area contributed by atoms with Crippen LogP contribution in [0.5, 0.6) is 0 Å². The number of carbonyl (C=O) groups excluding carboxylic acids is 1. The molecule has 0 saturated heterocycles. The third-order valence-corrected chi connectivity index (χ3v) is 5.18. The summed E-state index contributed by atoms with van der Waals surface area (Å²) in [6.45, 7) is 2.65. The van der Waals surface area contributed by atoms with Crippen LogP contribution in [-0.2, 0) is 0 Å². The monoisotopic (exact) mass is 431 g/mol. The summed E-state index contributed by atoms with van der Waals surface area (Å²) in [5, 5.41) is 6.32. The molecule has 0 unspecified atom stereocenters. The van der Waals surface area contributed by atoms with Crippen LogP contribution in [0.4, 0.5) is 19.3 Å². The van der Waals surface area contributed by atoms with Crippen LogP contribution in [-0.4, -0.2) is 17.6 Å². The number of aromatic nitrogens is 1. The second kappa shape index (κ2) is 9.56. The fourth-order valence-electron chi connectivity index (χ4n) is 3.55. The van der Waals surface area contributed by atoms with Gasteiger partial charge in [-0.3, -0.25) is 0 Å². The molecule has 32 heavy (non-hydrogen) atoms. The highest BCUT2D eigenvalue weighted by Crippen LogP contribution is 2.36. The highest BCUT2D eigenvalue weighted by molar-refractivity contribution is 5.96. The number of urea groups is 1. The number of nitrogens with zero attached hydrogens (tertiary/aromatic N) is 1. The molecule has 0 bridgehead atoms. The maximum Gasteiger partial charge on any atom is 0.319 e. The van der Waals surface area contributed by atoms with Crippen LogP contribution in [0.2, 0.25) is 0 Å². The molecule has 0 radical (unpaired) electrons. The van der Waals surface area contributed by atoms with Gasteiger partial charge in [-0.1, -0.05) is 43.7 Å². The van der Waals surface area contributed by atoms with Crippen molar-refractivity contribution in [1.82, 2.24) is 10.3 Å². The molecule has 4 aromatic rings. The number of benzene rings is 3. The summed E-state index contributed by atoms with van der Waals surface area (Å²) in [6, 6.07) is 19.4. The molecule has 0 aliphatic rings. The van der Waals surface area contributed by atoms with E-state index in [-0.39, 0.29) is 6.03 Å². The number of halogens is 2. The molecule has 6 heteroatoms. The predicted octanol–water partition coefficient (Wildman–Crippen LogP) is 6.77. The molecule has 1 aromatic heterocycles. The van der Waals surface area contributed by atoms with Gasteiger partial charge >= 0.3 is 6.03 Å². The lowest BCUT2D eigenvalue weighted by Gasteiger charge is -2.14. The van der Waals surface area contributed by atoms with Crippen LogP contribution in [0, 0.1) is 11.6 Å². The second-order valence-corrected chi connectivity index (χ2v) is 7.49. The third-order valence-electron chi connectivity index (χ3n) is 5.18. The van der Waals surface area contributed by atoms with Crippen molar-refractivity contribution in [3.05, 3.63) is 84.4 Å². The summed E-state index contributed by atoms with van der Waals surface area (Å²) >= 11 is 0. The lowest BCUT2D eigenvalue weighted by atomic mass is 9.96. The van der Waals surface area contributed by atoms with Crippen molar-refractivity contribution < 1.29 is 13.6 Å². The third kappa shape index (κ3) is 4.59. The van der Waals surface area contributed by atoms with Crippen molar-refractivity contribution in [2.24, 2.45) is 0 Å². The van der Waals surface area contributed by atoms with Crippen LogP contribution >= 0.6 is 0 Å². The minimum Gasteiger partial charge on any atom is -0.338 e. The molecule has 162 valence electrons. The number of fused-ring (bicyclic) bond motifs is 1. The number of pyridine rings is 1. The molecule has 3 aromatic carbocycles. The van der Waals surface area contributed by atoms with E-state index >= 15 is 0 Å². The average Bonchev–Trinajstić information content (AvgIpc) is 2.79. The van der Waals surface area contributed by atoms with Crippen LogP contribution in [0.3, 0.4) is 0 Å². The topological polar surface area (TPSA) is 54.0 Å². The Hall–Kier alpha value is -3.80. The SMILES string of the molecule is CCCCNC(=O)Nc1ccc2nc(-c3ccccc3F)c(-c3ccccc3F)cc2c1. The van der Waals surface area contributed by atoms with E-state index in [1.807, 2.05) is 0 Å². The molecule has 0 aliphatic heterocycles. The van der Waals surface area contributed by atoms with E-state index in [0.717, 1.165) is 12.8 Å². The molecule has 2 N–H and O–H groups in total. The molecule has 0 fully saturated rings. The zero-order valence-electron chi connectivity index (χ0n) is 17.7. The molecule has 0 spiro atoms. The molecule has 4 rings (SSSR count). The quantitative estimate of drug-likeness (QED) is 0.331. The fourth-order valence-corrected chi connectivity index (χ4v) is 3.55. The zero-order valence-corrected chi connectivity index (χ0v) is 17.7. The fraction of sp³-hybridized carbons (Fsp3) is 0.154. The maximum atomic E-state index is 14.7. The van der Waals surface area contributed by atoms with Gasteiger partial charge in [-0.25, -0.2) is 18.6 Å². The normalized spacial score (nSPS) is 10.8. The Morgan fingerprint density at radius 3 is 2.25 bits per heavy atom. The highest BCUT2D eigenvalue weighted by atomic mass is 19.1. The van der Waals surface area contributed by atoms with E-state index in [1.54, 1.807) is 60.7 Å². The first-order valence-electron chi connectivity index (χ1n) is 10.6. The van der Waals surface area contributed by atoms with Gasteiger partial charge in [-0.2, -0.15) is 0 Å². The Bertz CT molecular complexity index is 1270. The number of hydrogen-bond donors (Lipinski definition) is 2. The molecule has 4 nitrogen and oxygen atoms in total. The van der Waals surface area contributed by atoms with Crippen molar-refractivity contribution in [1.29, 1.82) is 0 Å². The minimum absolute atomic E-state index is 0.289. The number of nitrogens with one attached hydrogen (secondary N) is 2. The Balaban J connectivity index is 1.80. The van der Waals surface area contributed by atoms with Gasteiger partial charge in [0.1, 0.15) is 11.6 Å². The summed E-state index contributed by atoms with van der Waals surface area (Å²) in [4.78, 5) is 16.8. The standard InChI is InChI=1S/C26H23F2N3O/c1-2-3-14-29-26(32)30-18-12-13-24-17(15-18)16-21(19-8-4-6-10-22(19)27)25(31-24)20-9-5-7-11-23(20)28/h4-13,15-16H,2-3,14H2,1H3,(H2,29,30,32). The van der Waals surface area contributed by atoms with Crippen LogP contribution < -0.4 is 10.6 Å². The van der Waals surface area contributed by atoms with Gasteiger partial charge in [-0.05, 0) is 48.9 Å². The lowest BCUT2D eigenvalue weighted by Crippen LogP contribution is -2.29. The van der Waals surface area contributed by atoms with Crippen molar-refractivity contribution in [3.63, 3.8) is 0 Å². The Morgan fingerprint density at radius 2 is 1.56 bits per heavy atom. The smallest absolute Gasteiger partial charge is 0.319 e. The summed E-state index contributed by atoms with van der Waals surface area (Å²) in [6.07, 6.45) is 1.89. The Morgan fingerprint density at radius 1 is 0.875 bits per heavy atom. The van der Waals surface area contributed by atoms with Crippen molar-refractivity contribution in [3.8, 4) is 22.4 Å². The van der Waals surface area contributed by atoms with Gasteiger partial charge in [-0.15, -0.1) is 0 Å². The van der Waals surface area contributed by atoms with Gasteiger partial charge in [0.15, 0.2) is 0 Å². The number of unbranched alkanes of at least 4 members (excludes halogenated alkanes) is 1. The second-order valence-electron chi connectivity index (χ2n) is 7.49. The van der Waals surface area contributed by atoms with Crippen LogP contribution in [0.15, 0.2) is 72.8 Å². The minimum atomic E-state index is -0.432. The maximum absolute atomic E-state index is 14.7. The van der Waals surface area contributed by atoms with E-state index in [0.29, 0.717) is 45.5 Å². The molecular formula is C26H23F2N3O. The van der Waals surface area contributed by atoms with Gasteiger partial charge in [0.2, 0.25) is 0 Å². The van der Waals surface area contributed by atoms with E-state index in [9.17, 15) is 13.6 Å². The van der Waals surface area contributed by atoms with E-state index in [4.69, 9.17) is 0 Å². The summed E-state index contributed by atoms with van der Waals surface area (Å²) in [7, 11) is 0. The summed E-state index contributed by atoms with van der Waals surface area (Å²) in [5.41, 5.74) is 2.66. The Kier molecular flexibility index (Phi) is 6.40. The largest absolute Gasteiger partial charge is 0.338 e. The lowest BCUT2D eigenvalue weighted by molar-refractivity contribution is 0.252. The van der Waals surface area contributed by atoms with Gasteiger partial charge in [0.25, 0.3) is 0 Å². The number of rotatable bonds is 6.